The highest BCUT2D eigenvalue weighted by Crippen LogP contribution is 2.22. The summed E-state index contributed by atoms with van der Waals surface area (Å²) < 4.78 is 31.6. The maximum absolute atomic E-state index is 12.4. The molecule has 6 nitrogen and oxygen atoms in total. The molecule has 0 saturated heterocycles. The molecular formula is C27H32N2O4S2. The molecule has 0 aliphatic heterocycles. The van der Waals surface area contributed by atoms with Gasteiger partial charge in [-0.1, -0.05) is 60.2 Å². The van der Waals surface area contributed by atoms with E-state index in [1.807, 2.05) is 42.1 Å². The topological polar surface area (TPSA) is 75.7 Å². The number of amides is 1. The van der Waals surface area contributed by atoms with Crippen molar-refractivity contribution in [1.82, 2.24) is 5.32 Å². The Hall–Kier alpha value is -2.97. The van der Waals surface area contributed by atoms with E-state index in [1.165, 1.54) is 11.1 Å². The molecule has 35 heavy (non-hydrogen) atoms. The highest BCUT2D eigenvalue weighted by atomic mass is 32.2. The lowest BCUT2D eigenvalue weighted by atomic mass is 10.2. The lowest BCUT2D eigenvalue weighted by molar-refractivity contribution is -0.119. The van der Waals surface area contributed by atoms with Crippen LogP contribution in [0, 0.1) is 6.92 Å². The van der Waals surface area contributed by atoms with E-state index in [4.69, 9.17) is 4.74 Å². The van der Waals surface area contributed by atoms with Gasteiger partial charge in [-0.15, -0.1) is 0 Å². The summed E-state index contributed by atoms with van der Waals surface area (Å²) in [7, 11) is -3.63. The average molecular weight is 513 g/mol. The molecule has 3 rings (SSSR count). The van der Waals surface area contributed by atoms with Crippen molar-refractivity contribution in [2.24, 2.45) is 0 Å². The second kappa shape index (κ2) is 13.2. The normalized spacial score (nSPS) is 11.1. The van der Waals surface area contributed by atoms with Crippen LogP contribution in [0.4, 0.5) is 5.69 Å². The number of nitrogens with zero attached hydrogens (tertiary/aromatic N) is 1. The van der Waals surface area contributed by atoms with Gasteiger partial charge in [0.05, 0.1) is 11.9 Å². The Morgan fingerprint density at radius 3 is 2.37 bits per heavy atom. The van der Waals surface area contributed by atoms with E-state index in [1.54, 1.807) is 24.3 Å². The number of carbonyl (C=O) groups is 1. The van der Waals surface area contributed by atoms with Crippen LogP contribution in [-0.4, -0.2) is 39.4 Å². The molecule has 3 aromatic rings. The molecule has 0 aromatic heterocycles. The van der Waals surface area contributed by atoms with Crippen molar-refractivity contribution < 1.29 is 17.9 Å². The van der Waals surface area contributed by atoms with Gasteiger partial charge in [-0.05, 0) is 54.5 Å². The Labute approximate surface area is 212 Å². The van der Waals surface area contributed by atoms with Gasteiger partial charge < -0.3 is 10.1 Å². The maximum atomic E-state index is 12.4. The first kappa shape index (κ1) is 26.6. The average Bonchev–Trinajstić information content (AvgIpc) is 2.84. The Bertz CT molecular complexity index is 1180. The van der Waals surface area contributed by atoms with Gasteiger partial charge in [-0.2, -0.15) is 11.8 Å². The molecule has 0 aliphatic carbocycles. The largest absolute Gasteiger partial charge is 0.489 e. The molecule has 1 amide bonds. The lowest BCUT2D eigenvalue weighted by Crippen LogP contribution is -2.40. The van der Waals surface area contributed by atoms with Crippen LogP contribution < -0.4 is 14.4 Å². The number of carbonyl (C=O) groups excluding carboxylic acids is 1. The number of ether oxygens (including phenoxy) is 1. The zero-order chi connectivity index (χ0) is 25.1. The Morgan fingerprint density at radius 1 is 0.971 bits per heavy atom. The third-order valence-corrected chi connectivity index (χ3v) is 7.45. The smallest absolute Gasteiger partial charge is 0.240 e. The van der Waals surface area contributed by atoms with Crippen LogP contribution in [0.2, 0.25) is 0 Å². The van der Waals surface area contributed by atoms with E-state index in [9.17, 15) is 13.2 Å². The number of hydrogen-bond acceptors (Lipinski definition) is 5. The van der Waals surface area contributed by atoms with Gasteiger partial charge in [-0.25, -0.2) is 8.42 Å². The van der Waals surface area contributed by atoms with Gasteiger partial charge in [0.1, 0.15) is 18.9 Å². The SMILES string of the molecule is Cc1cccc(CSCCCNC(=O)CN(c2ccc(OCc3ccccc3)cc2)S(C)(=O)=O)c1. The number of nitrogens with one attached hydrogen (secondary N) is 1. The molecule has 0 atom stereocenters. The summed E-state index contributed by atoms with van der Waals surface area (Å²) in [4.78, 5) is 12.4. The van der Waals surface area contributed by atoms with E-state index >= 15 is 0 Å². The molecule has 0 saturated carbocycles. The summed E-state index contributed by atoms with van der Waals surface area (Å²) >= 11 is 1.82. The molecule has 0 radical (unpaired) electrons. The van der Waals surface area contributed by atoms with E-state index in [-0.39, 0.29) is 12.5 Å². The van der Waals surface area contributed by atoms with Gasteiger partial charge in [0.2, 0.25) is 15.9 Å². The predicted molar refractivity (Wildman–Crippen MR) is 144 cm³/mol. The number of benzene rings is 3. The van der Waals surface area contributed by atoms with Gasteiger partial charge in [-0.3, -0.25) is 9.10 Å². The number of rotatable bonds is 13. The van der Waals surface area contributed by atoms with Crippen LogP contribution in [0.25, 0.3) is 0 Å². The number of anilines is 1. The van der Waals surface area contributed by atoms with E-state index in [0.717, 1.165) is 34.1 Å². The summed E-state index contributed by atoms with van der Waals surface area (Å²) in [6, 6.07) is 24.9. The zero-order valence-corrected chi connectivity index (χ0v) is 21.8. The van der Waals surface area contributed by atoms with Crippen molar-refractivity contribution in [3.63, 3.8) is 0 Å². The van der Waals surface area contributed by atoms with Crippen LogP contribution in [0.15, 0.2) is 78.9 Å². The molecule has 3 aromatic carbocycles. The van der Waals surface area contributed by atoms with Crippen molar-refractivity contribution >= 4 is 33.4 Å². The van der Waals surface area contributed by atoms with E-state index < -0.39 is 10.0 Å². The quantitative estimate of drug-likeness (QED) is 0.334. The molecule has 0 spiro atoms. The van der Waals surface area contributed by atoms with Gasteiger partial charge in [0, 0.05) is 12.3 Å². The van der Waals surface area contributed by atoms with Crippen molar-refractivity contribution in [1.29, 1.82) is 0 Å². The van der Waals surface area contributed by atoms with E-state index in [0.29, 0.717) is 24.6 Å². The Kier molecular flexibility index (Phi) is 10.0. The van der Waals surface area contributed by atoms with Gasteiger partial charge in [0.15, 0.2) is 0 Å². The maximum Gasteiger partial charge on any atom is 0.240 e. The molecule has 1 N–H and O–H groups in total. The summed E-state index contributed by atoms with van der Waals surface area (Å²) in [6.45, 7) is 2.74. The molecule has 0 heterocycles. The van der Waals surface area contributed by atoms with E-state index in [2.05, 4.69) is 36.5 Å². The number of hydrogen-bond donors (Lipinski definition) is 1. The number of sulfonamides is 1. The van der Waals surface area contributed by atoms with Crippen LogP contribution >= 0.6 is 11.8 Å². The van der Waals surface area contributed by atoms with Crippen LogP contribution in [0.3, 0.4) is 0 Å². The van der Waals surface area contributed by atoms with Gasteiger partial charge in [0.25, 0.3) is 0 Å². The first-order valence-corrected chi connectivity index (χ1v) is 14.5. The summed E-state index contributed by atoms with van der Waals surface area (Å²) in [5.74, 6) is 2.14. The first-order chi connectivity index (χ1) is 16.8. The van der Waals surface area contributed by atoms with Gasteiger partial charge >= 0.3 is 0 Å². The van der Waals surface area contributed by atoms with Crippen molar-refractivity contribution in [2.45, 2.75) is 25.7 Å². The molecule has 0 fully saturated rings. The third kappa shape index (κ3) is 9.30. The van der Waals surface area contributed by atoms with Crippen LogP contribution in [-0.2, 0) is 27.2 Å². The molecule has 0 unspecified atom stereocenters. The standard InChI is InChI=1S/C27H32N2O4S2/c1-22-8-6-11-24(18-22)21-34-17-7-16-28-27(30)19-29(35(2,31)32)25-12-14-26(15-13-25)33-20-23-9-4-3-5-10-23/h3-6,8-15,18H,7,16-17,19-21H2,1-2H3,(H,28,30). The first-order valence-electron chi connectivity index (χ1n) is 11.5. The second-order valence-corrected chi connectivity index (χ2v) is 11.3. The monoisotopic (exact) mass is 512 g/mol. The number of thioether (sulfide) groups is 1. The summed E-state index contributed by atoms with van der Waals surface area (Å²) in [5.41, 5.74) is 4.00. The highest BCUT2D eigenvalue weighted by Gasteiger charge is 2.20. The fourth-order valence-electron chi connectivity index (χ4n) is 3.43. The minimum atomic E-state index is -3.63. The molecule has 0 bridgehead atoms. The third-order valence-electron chi connectivity index (χ3n) is 5.20. The molecule has 186 valence electrons. The predicted octanol–water partition coefficient (Wildman–Crippen LogP) is 4.78. The van der Waals surface area contributed by atoms with Crippen molar-refractivity contribution in [2.75, 3.05) is 29.4 Å². The fourth-order valence-corrected chi connectivity index (χ4v) is 5.19. The molecular weight excluding hydrogens is 480 g/mol. The summed E-state index contributed by atoms with van der Waals surface area (Å²) in [6.07, 6.45) is 1.91. The second-order valence-electron chi connectivity index (χ2n) is 8.28. The van der Waals surface area contributed by atoms with Crippen LogP contribution in [0.5, 0.6) is 5.75 Å². The fraction of sp³-hybridized carbons (Fsp3) is 0.296. The highest BCUT2D eigenvalue weighted by molar-refractivity contribution is 7.98. The van der Waals surface area contributed by atoms with Crippen molar-refractivity contribution in [3.05, 3.63) is 95.6 Å². The molecule has 8 heteroatoms. The lowest BCUT2D eigenvalue weighted by Gasteiger charge is -2.22. The summed E-state index contributed by atoms with van der Waals surface area (Å²) in [5, 5.41) is 2.83. The molecule has 0 aliphatic rings. The zero-order valence-electron chi connectivity index (χ0n) is 20.1. The Balaban J connectivity index is 1.44. The minimum absolute atomic E-state index is 0.264. The number of aryl methyl sites for hydroxylation is 1. The minimum Gasteiger partial charge on any atom is -0.489 e. The van der Waals surface area contributed by atoms with Crippen LogP contribution in [0.1, 0.15) is 23.1 Å². The Morgan fingerprint density at radius 2 is 1.69 bits per heavy atom. The van der Waals surface area contributed by atoms with Crippen molar-refractivity contribution in [3.8, 4) is 5.75 Å².